The standard InChI is InChI=1S/C28H27N3O3S/c1-34-23-15-11-21(12-16-23)17-30(22-13-14-22)26(32)19-35-28-29-25-10-6-5-9-24(25)27(33)31(28)18-20-7-3-2-4-8-20/h2-12,15-16,22H,13-14,17-19H2,1H3. The molecule has 0 aliphatic heterocycles. The van der Waals surface area contributed by atoms with E-state index in [0.717, 1.165) is 29.7 Å². The SMILES string of the molecule is COc1ccc(CN(C(=O)CSc2nc3ccccc3c(=O)n2Cc2ccccc2)C2CC2)cc1. The third kappa shape index (κ3) is 5.41. The molecule has 178 valence electrons. The van der Waals surface area contributed by atoms with Crippen LogP contribution in [0.1, 0.15) is 24.0 Å². The second kappa shape index (κ2) is 10.4. The summed E-state index contributed by atoms with van der Waals surface area (Å²) in [7, 11) is 1.64. The normalized spacial score (nSPS) is 13.1. The van der Waals surface area contributed by atoms with Crippen molar-refractivity contribution in [2.45, 2.75) is 37.1 Å². The van der Waals surface area contributed by atoms with E-state index >= 15 is 0 Å². The van der Waals surface area contributed by atoms with Gasteiger partial charge in [-0.15, -0.1) is 0 Å². The molecule has 0 N–H and O–H groups in total. The molecule has 0 unspecified atom stereocenters. The lowest BCUT2D eigenvalue weighted by Crippen LogP contribution is -2.34. The van der Waals surface area contributed by atoms with Gasteiger partial charge in [-0.2, -0.15) is 0 Å². The van der Waals surface area contributed by atoms with Crippen molar-refractivity contribution in [3.05, 3.63) is 100 Å². The Kier molecular flexibility index (Phi) is 6.86. The quantitative estimate of drug-likeness (QED) is 0.253. The molecule has 1 aromatic heterocycles. The fraction of sp³-hybridized carbons (Fsp3) is 0.250. The highest BCUT2D eigenvalue weighted by Gasteiger charge is 2.32. The van der Waals surface area contributed by atoms with Crippen LogP contribution in [0.3, 0.4) is 0 Å². The van der Waals surface area contributed by atoms with Crippen LogP contribution in [-0.2, 0) is 17.9 Å². The Morgan fingerprint density at radius 3 is 2.43 bits per heavy atom. The Labute approximate surface area is 208 Å². The van der Waals surface area contributed by atoms with Gasteiger partial charge in [0, 0.05) is 12.6 Å². The lowest BCUT2D eigenvalue weighted by Gasteiger charge is -2.23. The minimum atomic E-state index is -0.0910. The summed E-state index contributed by atoms with van der Waals surface area (Å²) in [5, 5.41) is 1.14. The Bertz CT molecular complexity index is 1380. The number of nitrogens with zero attached hydrogens (tertiary/aromatic N) is 3. The molecule has 35 heavy (non-hydrogen) atoms. The molecule has 3 aromatic carbocycles. The van der Waals surface area contributed by atoms with Crippen molar-refractivity contribution in [2.75, 3.05) is 12.9 Å². The molecule has 0 bridgehead atoms. The van der Waals surface area contributed by atoms with Gasteiger partial charge < -0.3 is 9.64 Å². The number of ether oxygens (including phenoxy) is 1. The maximum Gasteiger partial charge on any atom is 0.262 e. The molecule has 1 aliphatic carbocycles. The van der Waals surface area contributed by atoms with Crippen LogP contribution in [0.2, 0.25) is 0 Å². The highest BCUT2D eigenvalue weighted by molar-refractivity contribution is 7.99. The van der Waals surface area contributed by atoms with Gasteiger partial charge in [0.05, 0.1) is 30.3 Å². The molecule has 0 atom stereocenters. The van der Waals surface area contributed by atoms with Crippen LogP contribution in [0.4, 0.5) is 0 Å². The van der Waals surface area contributed by atoms with Crippen molar-refractivity contribution < 1.29 is 9.53 Å². The van der Waals surface area contributed by atoms with Gasteiger partial charge in [-0.25, -0.2) is 4.98 Å². The van der Waals surface area contributed by atoms with Crippen LogP contribution in [0.5, 0.6) is 5.75 Å². The van der Waals surface area contributed by atoms with Crippen molar-refractivity contribution >= 4 is 28.6 Å². The fourth-order valence-corrected chi connectivity index (χ4v) is 4.99. The summed E-state index contributed by atoms with van der Waals surface area (Å²) in [5.41, 5.74) is 2.64. The van der Waals surface area contributed by atoms with Crippen LogP contribution in [0.15, 0.2) is 88.8 Å². The van der Waals surface area contributed by atoms with Crippen molar-refractivity contribution in [1.82, 2.24) is 14.5 Å². The third-order valence-electron chi connectivity index (χ3n) is 6.15. The molecule has 1 amide bonds. The Balaban J connectivity index is 1.38. The van der Waals surface area contributed by atoms with E-state index in [1.54, 1.807) is 17.7 Å². The molecular formula is C28H27N3O3S. The average molecular weight is 486 g/mol. The molecule has 0 radical (unpaired) electrons. The van der Waals surface area contributed by atoms with E-state index in [1.165, 1.54) is 11.8 Å². The number of methoxy groups -OCH3 is 1. The Morgan fingerprint density at radius 2 is 1.71 bits per heavy atom. The summed E-state index contributed by atoms with van der Waals surface area (Å²) in [6.45, 7) is 0.974. The summed E-state index contributed by atoms with van der Waals surface area (Å²) < 4.78 is 6.93. The predicted molar refractivity (Wildman–Crippen MR) is 139 cm³/mol. The number of para-hydroxylation sites is 1. The maximum absolute atomic E-state index is 13.3. The number of hydrogen-bond acceptors (Lipinski definition) is 5. The van der Waals surface area contributed by atoms with E-state index in [2.05, 4.69) is 0 Å². The van der Waals surface area contributed by atoms with E-state index in [4.69, 9.17) is 9.72 Å². The maximum atomic E-state index is 13.3. The fourth-order valence-electron chi connectivity index (χ4n) is 4.11. The van der Waals surface area contributed by atoms with Crippen molar-refractivity contribution in [3.8, 4) is 5.75 Å². The molecule has 6 nitrogen and oxygen atoms in total. The first-order valence-electron chi connectivity index (χ1n) is 11.7. The molecule has 1 heterocycles. The minimum absolute atomic E-state index is 0.0574. The summed E-state index contributed by atoms with van der Waals surface area (Å²) in [6.07, 6.45) is 2.05. The molecule has 1 saturated carbocycles. The molecule has 0 saturated heterocycles. The number of amides is 1. The zero-order valence-electron chi connectivity index (χ0n) is 19.6. The van der Waals surface area contributed by atoms with Crippen LogP contribution >= 0.6 is 11.8 Å². The number of benzene rings is 3. The third-order valence-corrected chi connectivity index (χ3v) is 7.12. The van der Waals surface area contributed by atoms with E-state index < -0.39 is 0 Å². The van der Waals surface area contributed by atoms with E-state index in [0.29, 0.717) is 29.1 Å². The molecule has 1 aliphatic rings. The average Bonchev–Trinajstić information content (AvgIpc) is 3.74. The van der Waals surface area contributed by atoms with Crippen LogP contribution in [0, 0.1) is 0 Å². The molecule has 1 fully saturated rings. The van der Waals surface area contributed by atoms with Gasteiger partial charge >= 0.3 is 0 Å². The largest absolute Gasteiger partial charge is 0.497 e. The van der Waals surface area contributed by atoms with Gasteiger partial charge in [0.2, 0.25) is 5.91 Å². The highest BCUT2D eigenvalue weighted by atomic mass is 32.2. The van der Waals surface area contributed by atoms with Gasteiger partial charge in [-0.3, -0.25) is 14.2 Å². The Hall–Kier alpha value is -3.58. The first-order chi connectivity index (χ1) is 17.1. The van der Waals surface area contributed by atoms with Crippen molar-refractivity contribution in [1.29, 1.82) is 0 Å². The van der Waals surface area contributed by atoms with Crippen LogP contribution in [0.25, 0.3) is 10.9 Å². The summed E-state index contributed by atoms with van der Waals surface area (Å²) in [4.78, 5) is 33.4. The first kappa shape index (κ1) is 23.2. The second-order valence-electron chi connectivity index (χ2n) is 8.68. The van der Waals surface area contributed by atoms with E-state index in [-0.39, 0.29) is 23.3 Å². The van der Waals surface area contributed by atoms with Crippen LogP contribution < -0.4 is 10.3 Å². The number of rotatable bonds is 9. The van der Waals surface area contributed by atoms with Crippen LogP contribution in [-0.4, -0.2) is 39.3 Å². The van der Waals surface area contributed by atoms with Gasteiger partial charge in [-0.05, 0) is 48.2 Å². The molecule has 5 rings (SSSR count). The number of aromatic nitrogens is 2. The lowest BCUT2D eigenvalue weighted by atomic mass is 10.2. The molecular weight excluding hydrogens is 458 g/mol. The monoisotopic (exact) mass is 485 g/mol. The number of carbonyl (C=O) groups excluding carboxylic acids is 1. The van der Waals surface area contributed by atoms with Crippen molar-refractivity contribution in [3.63, 3.8) is 0 Å². The minimum Gasteiger partial charge on any atom is -0.497 e. The number of hydrogen-bond donors (Lipinski definition) is 0. The zero-order chi connectivity index (χ0) is 24.2. The lowest BCUT2D eigenvalue weighted by molar-refractivity contribution is -0.129. The zero-order valence-corrected chi connectivity index (χ0v) is 20.4. The Morgan fingerprint density at radius 1 is 1.00 bits per heavy atom. The molecule has 7 heteroatoms. The smallest absolute Gasteiger partial charge is 0.262 e. The molecule has 0 spiro atoms. The predicted octanol–water partition coefficient (Wildman–Crippen LogP) is 4.74. The van der Waals surface area contributed by atoms with Gasteiger partial charge in [0.1, 0.15) is 5.75 Å². The van der Waals surface area contributed by atoms with E-state index in [1.807, 2.05) is 77.7 Å². The summed E-state index contributed by atoms with van der Waals surface area (Å²) >= 11 is 1.33. The summed E-state index contributed by atoms with van der Waals surface area (Å²) in [6, 6.07) is 25.3. The topological polar surface area (TPSA) is 64.4 Å². The first-order valence-corrected chi connectivity index (χ1v) is 12.7. The second-order valence-corrected chi connectivity index (χ2v) is 9.62. The van der Waals surface area contributed by atoms with Gasteiger partial charge in [0.15, 0.2) is 5.16 Å². The van der Waals surface area contributed by atoms with E-state index in [9.17, 15) is 9.59 Å². The van der Waals surface area contributed by atoms with Crippen molar-refractivity contribution in [2.24, 2.45) is 0 Å². The highest BCUT2D eigenvalue weighted by Crippen LogP contribution is 2.30. The molecule has 4 aromatic rings. The van der Waals surface area contributed by atoms with Gasteiger partial charge in [-0.1, -0.05) is 66.4 Å². The number of carbonyl (C=O) groups is 1. The van der Waals surface area contributed by atoms with Gasteiger partial charge in [0.25, 0.3) is 5.56 Å². The number of thioether (sulfide) groups is 1. The summed E-state index contributed by atoms with van der Waals surface area (Å²) in [5.74, 6) is 1.08. The number of fused-ring (bicyclic) bond motifs is 1.